The van der Waals surface area contributed by atoms with E-state index >= 15 is 0 Å². The number of sulfonamides is 1. The van der Waals surface area contributed by atoms with Crippen molar-refractivity contribution < 1.29 is 17.6 Å². The number of rotatable bonds is 7. The molecule has 162 valence electrons. The van der Waals surface area contributed by atoms with Crippen molar-refractivity contribution in [3.8, 4) is 0 Å². The van der Waals surface area contributed by atoms with Gasteiger partial charge in [0.2, 0.25) is 10.0 Å². The number of carbonyl (C=O) groups excluding carboxylic acids is 1. The van der Waals surface area contributed by atoms with Crippen molar-refractivity contribution in [2.24, 2.45) is 0 Å². The van der Waals surface area contributed by atoms with Gasteiger partial charge in [-0.3, -0.25) is 9.10 Å². The standard InChI is InChI=1S/C23H22ClFN2O3S/c1-26(15-17-7-11-20(24)12-8-17)23(28)18-9-13-21(14-10-18)27(31(2,29)30)16-19-5-3-4-6-22(19)25/h3-14H,15-16H2,1-2H3. The molecule has 0 aliphatic heterocycles. The predicted molar refractivity (Wildman–Crippen MR) is 121 cm³/mol. The molecule has 0 aliphatic carbocycles. The molecule has 5 nitrogen and oxygen atoms in total. The zero-order valence-electron chi connectivity index (χ0n) is 17.1. The first-order valence-electron chi connectivity index (χ1n) is 9.46. The van der Waals surface area contributed by atoms with Crippen molar-refractivity contribution >= 4 is 33.2 Å². The number of hydrogen-bond donors (Lipinski definition) is 0. The molecule has 0 radical (unpaired) electrons. The molecule has 0 aromatic heterocycles. The summed E-state index contributed by atoms with van der Waals surface area (Å²) in [6, 6.07) is 19.5. The van der Waals surface area contributed by atoms with Gasteiger partial charge in [0.1, 0.15) is 5.82 Å². The Morgan fingerprint density at radius 2 is 1.55 bits per heavy atom. The molecule has 0 saturated carbocycles. The van der Waals surface area contributed by atoms with Crippen LogP contribution in [0.1, 0.15) is 21.5 Å². The zero-order valence-corrected chi connectivity index (χ0v) is 18.7. The van der Waals surface area contributed by atoms with Crippen LogP contribution in [0.5, 0.6) is 0 Å². The van der Waals surface area contributed by atoms with Crippen LogP contribution in [0, 0.1) is 5.82 Å². The van der Waals surface area contributed by atoms with Gasteiger partial charge in [0, 0.05) is 29.7 Å². The van der Waals surface area contributed by atoms with Gasteiger partial charge in [-0.2, -0.15) is 0 Å². The number of carbonyl (C=O) groups is 1. The highest BCUT2D eigenvalue weighted by atomic mass is 35.5. The van der Waals surface area contributed by atoms with Crippen LogP contribution in [0.4, 0.5) is 10.1 Å². The summed E-state index contributed by atoms with van der Waals surface area (Å²) in [4.78, 5) is 14.3. The summed E-state index contributed by atoms with van der Waals surface area (Å²) in [5.74, 6) is -0.687. The van der Waals surface area contributed by atoms with Crippen molar-refractivity contribution in [3.63, 3.8) is 0 Å². The van der Waals surface area contributed by atoms with E-state index in [0.29, 0.717) is 22.8 Å². The molecule has 8 heteroatoms. The average molecular weight is 461 g/mol. The van der Waals surface area contributed by atoms with Crippen LogP contribution in [-0.4, -0.2) is 32.5 Å². The highest BCUT2D eigenvalue weighted by Gasteiger charge is 2.20. The second kappa shape index (κ2) is 9.49. The highest BCUT2D eigenvalue weighted by molar-refractivity contribution is 7.92. The first-order chi connectivity index (χ1) is 14.6. The number of benzene rings is 3. The molecular formula is C23H22ClFN2O3S. The van der Waals surface area contributed by atoms with Crippen molar-refractivity contribution in [2.75, 3.05) is 17.6 Å². The van der Waals surface area contributed by atoms with Crippen molar-refractivity contribution in [1.29, 1.82) is 0 Å². The van der Waals surface area contributed by atoms with Crippen molar-refractivity contribution in [3.05, 3.63) is 100 Å². The molecule has 0 saturated heterocycles. The number of anilines is 1. The number of amides is 1. The minimum Gasteiger partial charge on any atom is -0.337 e. The lowest BCUT2D eigenvalue weighted by molar-refractivity contribution is 0.0785. The maximum atomic E-state index is 14.0. The third-order valence-electron chi connectivity index (χ3n) is 4.75. The Hall–Kier alpha value is -2.90. The summed E-state index contributed by atoms with van der Waals surface area (Å²) in [5, 5.41) is 0.624. The first-order valence-corrected chi connectivity index (χ1v) is 11.7. The van der Waals surface area contributed by atoms with Gasteiger partial charge in [-0.1, -0.05) is 41.9 Å². The molecule has 0 bridgehead atoms. The monoisotopic (exact) mass is 460 g/mol. The van der Waals surface area contributed by atoms with E-state index in [-0.39, 0.29) is 18.0 Å². The van der Waals surface area contributed by atoms with Gasteiger partial charge in [0.15, 0.2) is 0 Å². The van der Waals surface area contributed by atoms with E-state index in [1.807, 2.05) is 12.1 Å². The summed E-state index contributed by atoms with van der Waals surface area (Å²) in [7, 11) is -1.98. The van der Waals surface area contributed by atoms with Gasteiger partial charge >= 0.3 is 0 Å². The minimum absolute atomic E-state index is 0.144. The Labute approximate surface area is 186 Å². The summed E-state index contributed by atoms with van der Waals surface area (Å²) in [5.41, 5.74) is 1.96. The Morgan fingerprint density at radius 1 is 0.935 bits per heavy atom. The van der Waals surface area contributed by atoms with Crippen LogP contribution in [0.3, 0.4) is 0 Å². The minimum atomic E-state index is -3.67. The lowest BCUT2D eigenvalue weighted by atomic mass is 10.1. The normalized spacial score (nSPS) is 11.2. The summed E-state index contributed by atoms with van der Waals surface area (Å²) < 4.78 is 39.8. The fourth-order valence-electron chi connectivity index (χ4n) is 3.11. The molecular weight excluding hydrogens is 439 g/mol. The molecule has 0 N–H and O–H groups in total. The number of halogens is 2. The molecule has 0 unspecified atom stereocenters. The lowest BCUT2D eigenvalue weighted by Crippen LogP contribution is -2.30. The number of nitrogens with zero attached hydrogens (tertiary/aromatic N) is 2. The van der Waals surface area contributed by atoms with E-state index in [1.165, 1.54) is 12.1 Å². The van der Waals surface area contributed by atoms with E-state index in [4.69, 9.17) is 11.6 Å². The predicted octanol–water partition coefficient (Wildman–Crippen LogP) is 4.72. The molecule has 0 aliphatic rings. The topological polar surface area (TPSA) is 57.7 Å². The van der Waals surface area contributed by atoms with Crippen molar-refractivity contribution in [1.82, 2.24) is 4.90 Å². The summed E-state index contributed by atoms with van der Waals surface area (Å²) in [6.45, 7) is 0.260. The van der Waals surface area contributed by atoms with Gasteiger partial charge in [-0.05, 0) is 48.0 Å². The quantitative estimate of drug-likeness (QED) is 0.512. The van der Waals surface area contributed by atoms with Crippen LogP contribution >= 0.6 is 11.6 Å². The number of hydrogen-bond acceptors (Lipinski definition) is 3. The van der Waals surface area contributed by atoms with E-state index < -0.39 is 15.8 Å². The van der Waals surface area contributed by atoms with Crippen LogP contribution in [-0.2, 0) is 23.1 Å². The van der Waals surface area contributed by atoms with Gasteiger partial charge in [-0.25, -0.2) is 12.8 Å². The summed E-state index contributed by atoms with van der Waals surface area (Å²) >= 11 is 5.89. The first kappa shape index (κ1) is 22.8. The molecule has 31 heavy (non-hydrogen) atoms. The lowest BCUT2D eigenvalue weighted by Gasteiger charge is -2.23. The fraction of sp³-hybridized carbons (Fsp3) is 0.174. The largest absolute Gasteiger partial charge is 0.337 e. The third kappa shape index (κ3) is 5.83. The van der Waals surface area contributed by atoms with Gasteiger partial charge in [-0.15, -0.1) is 0 Å². The fourth-order valence-corrected chi connectivity index (χ4v) is 4.11. The third-order valence-corrected chi connectivity index (χ3v) is 6.15. The van der Waals surface area contributed by atoms with Crippen molar-refractivity contribution in [2.45, 2.75) is 13.1 Å². The van der Waals surface area contributed by atoms with Crippen LogP contribution < -0.4 is 4.31 Å². The van der Waals surface area contributed by atoms with Gasteiger partial charge in [0.05, 0.1) is 18.5 Å². The van der Waals surface area contributed by atoms with Gasteiger partial charge in [0.25, 0.3) is 5.91 Å². The molecule has 3 aromatic rings. The molecule has 0 heterocycles. The maximum Gasteiger partial charge on any atom is 0.253 e. The van der Waals surface area contributed by atoms with Gasteiger partial charge < -0.3 is 4.90 Å². The maximum absolute atomic E-state index is 14.0. The Balaban J connectivity index is 1.78. The van der Waals surface area contributed by atoms with Crippen LogP contribution in [0.25, 0.3) is 0 Å². The Morgan fingerprint density at radius 3 is 2.13 bits per heavy atom. The Bertz CT molecular complexity index is 1170. The van der Waals surface area contributed by atoms with E-state index in [9.17, 15) is 17.6 Å². The molecule has 0 spiro atoms. The Kier molecular flexibility index (Phi) is 6.97. The highest BCUT2D eigenvalue weighted by Crippen LogP contribution is 2.23. The molecule has 3 rings (SSSR count). The van der Waals surface area contributed by atoms with E-state index in [0.717, 1.165) is 16.1 Å². The zero-order chi connectivity index (χ0) is 22.6. The second-order valence-electron chi connectivity index (χ2n) is 7.20. The molecule has 1 amide bonds. The average Bonchev–Trinajstić information content (AvgIpc) is 2.73. The van der Waals surface area contributed by atoms with Crippen LogP contribution in [0.15, 0.2) is 72.8 Å². The molecule has 3 aromatic carbocycles. The second-order valence-corrected chi connectivity index (χ2v) is 9.54. The van der Waals surface area contributed by atoms with E-state index in [1.54, 1.807) is 60.5 Å². The summed E-state index contributed by atoms with van der Waals surface area (Å²) in [6.07, 6.45) is 1.06. The molecule has 0 atom stereocenters. The molecule has 0 fully saturated rings. The van der Waals surface area contributed by atoms with E-state index in [2.05, 4.69) is 0 Å². The smallest absolute Gasteiger partial charge is 0.253 e. The van der Waals surface area contributed by atoms with Crippen LogP contribution in [0.2, 0.25) is 5.02 Å². The SMILES string of the molecule is CN(Cc1ccc(Cl)cc1)C(=O)c1ccc(N(Cc2ccccc2F)S(C)(=O)=O)cc1.